The van der Waals surface area contributed by atoms with Crippen molar-refractivity contribution in [2.24, 2.45) is 5.73 Å². The number of aromatic nitrogens is 4. The van der Waals surface area contributed by atoms with Crippen molar-refractivity contribution >= 4 is 23.2 Å². The third kappa shape index (κ3) is 3.41. The molecule has 0 aliphatic heterocycles. The van der Waals surface area contributed by atoms with Gasteiger partial charge in [-0.2, -0.15) is 9.61 Å². The van der Waals surface area contributed by atoms with Gasteiger partial charge in [0.2, 0.25) is 5.95 Å². The van der Waals surface area contributed by atoms with Crippen molar-refractivity contribution < 1.29 is 14.3 Å². The predicted molar refractivity (Wildman–Crippen MR) is 108 cm³/mol. The second-order valence-electron chi connectivity index (χ2n) is 6.10. The molecule has 2 aromatic heterocycles. The molecule has 3 N–H and O–H groups in total. The summed E-state index contributed by atoms with van der Waals surface area (Å²) in [6, 6.07) is 14.2. The highest BCUT2D eigenvalue weighted by molar-refractivity contribution is 5.99. The van der Waals surface area contributed by atoms with Gasteiger partial charge in [-0.1, -0.05) is 12.1 Å². The molecule has 0 bridgehead atoms. The van der Waals surface area contributed by atoms with Crippen LogP contribution < -0.4 is 20.5 Å². The van der Waals surface area contributed by atoms with E-state index in [1.165, 1.54) is 6.33 Å². The lowest BCUT2D eigenvalue weighted by Gasteiger charge is -2.13. The predicted octanol–water partition coefficient (Wildman–Crippen LogP) is 2.65. The number of amides is 1. The van der Waals surface area contributed by atoms with E-state index in [4.69, 9.17) is 15.2 Å². The van der Waals surface area contributed by atoms with Crippen LogP contribution in [0.4, 0.5) is 11.6 Å². The number of para-hydroxylation sites is 1. The molecule has 0 radical (unpaired) electrons. The molecule has 9 nitrogen and oxygen atoms in total. The topological polar surface area (TPSA) is 117 Å². The van der Waals surface area contributed by atoms with Gasteiger partial charge in [-0.3, -0.25) is 4.79 Å². The van der Waals surface area contributed by atoms with E-state index in [1.54, 1.807) is 55.1 Å². The summed E-state index contributed by atoms with van der Waals surface area (Å²) in [4.78, 5) is 20.7. The molecule has 4 aromatic rings. The van der Waals surface area contributed by atoms with Gasteiger partial charge in [-0.25, -0.2) is 9.97 Å². The molecule has 4 rings (SSSR count). The van der Waals surface area contributed by atoms with Crippen LogP contribution in [0.15, 0.2) is 54.9 Å². The maximum Gasteiger partial charge on any atom is 0.250 e. The molecule has 1 amide bonds. The third-order valence-electron chi connectivity index (χ3n) is 4.39. The van der Waals surface area contributed by atoms with Gasteiger partial charge in [0.15, 0.2) is 17.1 Å². The number of benzene rings is 2. The number of fused-ring (bicyclic) bond motifs is 1. The quantitative estimate of drug-likeness (QED) is 0.520. The van der Waals surface area contributed by atoms with Crippen molar-refractivity contribution in [3.8, 4) is 22.8 Å². The summed E-state index contributed by atoms with van der Waals surface area (Å²) in [6.45, 7) is 0. The maximum absolute atomic E-state index is 11.7. The summed E-state index contributed by atoms with van der Waals surface area (Å²) in [6.07, 6.45) is 1.43. The molecule has 0 aliphatic carbocycles. The van der Waals surface area contributed by atoms with Crippen molar-refractivity contribution in [1.82, 2.24) is 19.6 Å². The SMILES string of the molecule is COc1ccc(-c2cc3ncnn3c(Nc3ccccc3C(N)=O)n2)cc1OC. The zero-order chi connectivity index (χ0) is 20.4. The Kier molecular flexibility index (Phi) is 4.70. The van der Waals surface area contributed by atoms with Crippen LogP contribution in [0.25, 0.3) is 16.9 Å². The van der Waals surface area contributed by atoms with E-state index < -0.39 is 5.91 Å². The van der Waals surface area contributed by atoms with Crippen molar-refractivity contribution in [1.29, 1.82) is 0 Å². The lowest BCUT2D eigenvalue weighted by Crippen LogP contribution is -2.14. The molecular weight excluding hydrogens is 372 g/mol. The third-order valence-corrected chi connectivity index (χ3v) is 4.39. The van der Waals surface area contributed by atoms with Gasteiger partial charge in [-0.05, 0) is 30.3 Å². The van der Waals surface area contributed by atoms with E-state index in [0.29, 0.717) is 40.0 Å². The van der Waals surface area contributed by atoms with Gasteiger partial charge in [-0.15, -0.1) is 0 Å². The first-order valence-electron chi connectivity index (χ1n) is 8.69. The summed E-state index contributed by atoms with van der Waals surface area (Å²) in [5.74, 6) is 1.05. The van der Waals surface area contributed by atoms with E-state index >= 15 is 0 Å². The number of ether oxygens (including phenoxy) is 2. The lowest BCUT2D eigenvalue weighted by molar-refractivity contribution is 0.100. The molecule has 29 heavy (non-hydrogen) atoms. The fraction of sp³-hybridized carbons (Fsp3) is 0.100. The van der Waals surface area contributed by atoms with Gasteiger partial charge in [0.05, 0.1) is 31.2 Å². The van der Waals surface area contributed by atoms with Crippen molar-refractivity contribution in [2.75, 3.05) is 19.5 Å². The van der Waals surface area contributed by atoms with Crippen LogP contribution in [-0.4, -0.2) is 39.7 Å². The number of nitrogens with zero attached hydrogens (tertiary/aromatic N) is 4. The Bertz CT molecular complexity index is 1200. The Balaban J connectivity index is 1.83. The largest absolute Gasteiger partial charge is 0.493 e. The van der Waals surface area contributed by atoms with Crippen LogP contribution in [-0.2, 0) is 0 Å². The summed E-state index contributed by atoms with van der Waals surface area (Å²) >= 11 is 0. The van der Waals surface area contributed by atoms with E-state index in [9.17, 15) is 4.79 Å². The smallest absolute Gasteiger partial charge is 0.250 e. The number of rotatable bonds is 6. The molecule has 0 aliphatic rings. The summed E-state index contributed by atoms with van der Waals surface area (Å²) in [5.41, 5.74) is 8.39. The molecule has 0 saturated heterocycles. The Morgan fingerprint density at radius 2 is 1.86 bits per heavy atom. The second-order valence-corrected chi connectivity index (χ2v) is 6.10. The molecule has 0 atom stereocenters. The van der Waals surface area contributed by atoms with Crippen molar-refractivity contribution in [3.05, 3.63) is 60.4 Å². The molecule has 2 heterocycles. The molecule has 0 unspecified atom stereocenters. The zero-order valence-electron chi connectivity index (χ0n) is 15.8. The van der Waals surface area contributed by atoms with E-state index in [-0.39, 0.29) is 0 Å². The van der Waals surface area contributed by atoms with Crippen LogP contribution in [0.3, 0.4) is 0 Å². The van der Waals surface area contributed by atoms with Crippen LogP contribution in [0.2, 0.25) is 0 Å². The molecule has 0 fully saturated rings. The van der Waals surface area contributed by atoms with E-state index in [1.807, 2.05) is 12.1 Å². The minimum Gasteiger partial charge on any atom is -0.493 e. The first-order valence-corrected chi connectivity index (χ1v) is 8.69. The molecule has 0 spiro atoms. The van der Waals surface area contributed by atoms with Crippen molar-refractivity contribution in [2.45, 2.75) is 0 Å². The van der Waals surface area contributed by atoms with Gasteiger partial charge in [0.25, 0.3) is 5.91 Å². The van der Waals surface area contributed by atoms with Gasteiger partial charge in [0.1, 0.15) is 6.33 Å². The Labute approximate surface area is 166 Å². The molecule has 146 valence electrons. The molecule has 0 saturated carbocycles. The fourth-order valence-corrected chi connectivity index (χ4v) is 2.98. The molecular formula is C20H18N6O3. The highest BCUT2D eigenvalue weighted by atomic mass is 16.5. The Morgan fingerprint density at radius 1 is 1.07 bits per heavy atom. The fourth-order valence-electron chi connectivity index (χ4n) is 2.98. The van der Waals surface area contributed by atoms with Gasteiger partial charge >= 0.3 is 0 Å². The second kappa shape index (κ2) is 7.47. The number of nitrogens with one attached hydrogen (secondary N) is 1. The number of anilines is 2. The van der Waals surface area contributed by atoms with Crippen LogP contribution in [0, 0.1) is 0 Å². The minimum atomic E-state index is -0.543. The van der Waals surface area contributed by atoms with E-state index in [2.05, 4.69) is 20.4 Å². The normalized spacial score (nSPS) is 10.7. The lowest BCUT2D eigenvalue weighted by atomic mass is 10.1. The highest BCUT2D eigenvalue weighted by Crippen LogP contribution is 2.32. The first kappa shape index (κ1) is 18.2. The monoisotopic (exact) mass is 390 g/mol. The molecule has 2 aromatic carbocycles. The number of carbonyl (C=O) groups excluding carboxylic acids is 1. The van der Waals surface area contributed by atoms with Gasteiger partial charge < -0.3 is 20.5 Å². The van der Waals surface area contributed by atoms with Crippen molar-refractivity contribution in [3.63, 3.8) is 0 Å². The Morgan fingerprint density at radius 3 is 2.62 bits per heavy atom. The first-order chi connectivity index (χ1) is 14.1. The molecule has 9 heteroatoms. The maximum atomic E-state index is 11.7. The average Bonchev–Trinajstić information content (AvgIpc) is 3.22. The number of methoxy groups -OCH3 is 2. The number of nitrogens with two attached hydrogens (primary N) is 1. The van der Waals surface area contributed by atoms with E-state index in [0.717, 1.165) is 5.56 Å². The number of hydrogen-bond acceptors (Lipinski definition) is 7. The van der Waals surface area contributed by atoms with Crippen LogP contribution >= 0.6 is 0 Å². The summed E-state index contributed by atoms with van der Waals surface area (Å²) in [7, 11) is 3.15. The standard InChI is InChI=1S/C20H18N6O3/c1-28-16-8-7-12(9-17(16)29-2)15-10-18-22-11-23-26(18)20(25-15)24-14-6-4-3-5-13(14)19(21)27/h3-11H,1-2H3,(H2,21,27)(H,24,25). The number of carbonyl (C=O) groups is 1. The zero-order valence-corrected chi connectivity index (χ0v) is 15.8. The number of primary amides is 1. The average molecular weight is 390 g/mol. The van der Waals surface area contributed by atoms with Crippen LogP contribution in [0.5, 0.6) is 11.5 Å². The number of hydrogen-bond donors (Lipinski definition) is 2. The minimum absolute atomic E-state index is 0.346. The summed E-state index contributed by atoms with van der Waals surface area (Å²) in [5, 5.41) is 7.34. The van der Waals surface area contributed by atoms with Crippen LogP contribution in [0.1, 0.15) is 10.4 Å². The van der Waals surface area contributed by atoms with Gasteiger partial charge in [0, 0.05) is 11.6 Å². The Hall–Kier alpha value is -4.14. The summed E-state index contributed by atoms with van der Waals surface area (Å²) < 4.78 is 12.2. The highest BCUT2D eigenvalue weighted by Gasteiger charge is 2.14.